The van der Waals surface area contributed by atoms with Gasteiger partial charge in [-0.1, -0.05) is 37.3 Å². The Morgan fingerprint density at radius 3 is 2.81 bits per heavy atom. The molecule has 0 saturated heterocycles. The lowest BCUT2D eigenvalue weighted by atomic mass is 10.1. The van der Waals surface area contributed by atoms with Crippen LogP contribution in [0.5, 0.6) is 0 Å². The van der Waals surface area contributed by atoms with Crippen molar-refractivity contribution in [3.8, 4) is 0 Å². The normalized spacial score (nSPS) is 15.7. The van der Waals surface area contributed by atoms with E-state index >= 15 is 0 Å². The highest BCUT2D eigenvalue weighted by Gasteiger charge is 2.19. The van der Waals surface area contributed by atoms with E-state index in [0.717, 1.165) is 38.2 Å². The summed E-state index contributed by atoms with van der Waals surface area (Å²) in [4.78, 5) is 12.4. The van der Waals surface area contributed by atoms with Crippen molar-refractivity contribution in [1.82, 2.24) is 19.7 Å². The highest BCUT2D eigenvalue weighted by Crippen LogP contribution is 2.15. The van der Waals surface area contributed by atoms with Gasteiger partial charge in [0.2, 0.25) is 0 Å². The van der Waals surface area contributed by atoms with Crippen LogP contribution in [-0.2, 0) is 19.5 Å². The first kappa shape index (κ1) is 14.1. The molecule has 3 rings (SSSR count). The largest absolute Gasteiger partial charge is 0.345 e. The van der Waals surface area contributed by atoms with Crippen molar-refractivity contribution in [3.63, 3.8) is 0 Å². The molecule has 1 aliphatic rings. The first-order valence-corrected chi connectivity index (χ1v) is 7.74. The van der Waals surface area contributed by atoms with Gasteiger partial charge in [-0.15, -0.1) is 0 Å². The molecule has 0 aliphatic carbocycles. The van der Waals surface area contributed by atoms with Crippen molar-refractivity contribution < 1.29 is 0 Å². The van der Waals surface area contributed by atoms with Gasteiger partial charge in [-0.25, -0.2) is 9.48 Å². The second-order valence-corrected chi connectivity index (χ2v) is 5.51. The molecule has 0 radical (unpaired) electrons. The van der Waals surface area contributed by atoms with Crippen molar-refractivity contribution >= 4 is 0 Å². The van der Waals surface area contributed by atoms with E-state index in [0.29, 0.717) is 6.54 Å². The van der Waals surface area contributed by atoms with E-state index in [1.807, 2.05) is 22.8 Å². The average molecular weight is 286 g/mol. The minimum Gasteiger partial charge on any atom is -0.309 e. The lowest BCUT2D eigenvalue weighted by Crippen LogP contribution is -2.32. The highest BCUT2D eigenvalue weighted by molar-refractivity contribution is 5.18. The zero-order valence-electron chi connectivity index (χ0n) is 12.5. The molecule has 21 heavy (non-hydrogen) atoms. The van der Waals surface area contributed by atoms with E-state index in [9.17, 15) is 4.79 Å². The third kappa shape index (κ3) is 2.93. The molecule has 1 unspecified atom stereocenters. The molecule has 2 heterocycles. The summed E-state index contributed by atoms with van der Waals surface area (Å²) in [7, 11) is 0. The first-order chi connectivity index (χ1) is 10.3. The predicted octanol–water partition coefficient (Wildman–Crippen LogP) is 1.73. The molecule has 5 nitrogen and oxygen atoms in total. The molecule has 0 fully saturated rings. The number of rotatable bonds is 5. The molecule has 0 amide bonds. The van der Waals surface area contributed by atoms with E-state index in [1.165, 1.54) is 5.56 Å². The second-order valence-electron chi connectivity index (χ2n) is 5.51. The van der Waals surface area contributed by atoms with E-state index in [4.69, 9.17) is 0 Å². The molecule has 112 valence electrons. The fourth-order valence-electron chi connectivity index (χ4n) is 2.96. The van der Waals surface area contributed by atoms with Gasteiger partial charge < -0.3 is 5.32 Å². The van der Waals surface area contributed by atoms with Crippen molar-refractivity contribution in [3.05, 3.63) is 52.2 Å². The quantitative estimate of drug-likeness (QED) is 0.911. The lowest BCUT2D eigenvalue weighted by molar-refractivity contribution is 0.435. The maximum atomic E-state index is 12.4. The van der Waals surface area contributed by atoms with E-state index in [2.05, 4.69) is 29.5 Å². The van der Waals surface area contributed by atoms with Gasteiger partial charge in [0.25, 0.3) is 0 Å². The van der Waals surface area contributed by atoms with Gasteiger partial charge in [-0.3, -0.25) is 4.57 Å². The summed E-state index contributed by atoms with van der Waals surface area (Å²) in [6.45, 7) is 4.33. The zero-order chi connectivity index (χ0) is 14.7. The van der Waals surface area contributed by atoms with Gasteiger partial charge in [-0.2, -0.15) is 5.10 Å². The molecule has 1 aromatic heterocycles. The van der Waals surface area contributed by atoms with E-state index < -0.39 is 0 Å². The van der Waals surface area contributed by atoms with Crippen LogP contribution in [0.4, 0.5) is 0 Å². The number of nitrogens with zero attached hydrogens (tertiary/aromatic N) is 3. The van der Waals surface area contributed by atoms with Crippen molar-refractivity contribution in [2.24, 2.45) is 0 Å². The van der Waals surface area contributed by atoms with E-state index in [1.54, 1.807) is 4.68 Å². The van der Waals surface area contributed by atoms with Gasteiger partial charge in [-0.05, 0) is 24.9 Å². The average Bonchev–Trinajstić information content (AvgIpc) is 2.84. The number of likely N-dealkylation sites (N-methyl/N-ethyl adjacent to an activating group) is 1. The standard InChI is InChI=1S/C16H22N4O/c1-2-17-14(13-8-4-3-5-9-13)12-20-16(21)19-11-7-6-10-15(19)18-20/h3-5,8-9,14,17H,2,6-7,10-12H2,1H3. The van der Waals surface area contributed by atoms with Crippen LogP contribution in [0.15, 0.2) is 35.1 Å². The Kier molecular flexibility index (Phi) is 4.20. The van der Waals surface area contributed by atoms with Crippen LogP contribution in [-0.4, -0.2) is 20.9 Å². The summed E-state index contributed by atoms with van der Waals surface area (Å²) in [6.07, 6.45) is 3.12. The Morgan fingerprint density at radius 2 is 2.10 bits per heavy atom. The summed E-state index contributed by atoms with van der Waals surface area (Å²) >= 11 is 0. The fraction of sp³-hybridized carbons (Fsp3) is 0.500. The zero-order valence-corrected chi connectivity index (χ0v) is 12.5. The molecule has 0 bridgehead atoms. The van der Waals surface area contributed by atoms with Gasteiger partial charge in [0.15, 0.2) is 0 Å². The van der Waals surface area contributed by atoms with Gasteiger partial charge in [0.05, 0.1) is 12.6 Å². The number of fused-ring (bicyclic) bond motifs is 1. The predicted molar refractivity (Wildman–Crippen MR) is 82.3 cm³/mol. The number of aryl methyl sites for hydroxylation is 1. The Labute approximate surface area is 124 Å². The van der Waals surface area contributed by atoms with Crippen LogP contribution in [0.1, 0.15) is 37.2 Å². The van der Waals surface area contributed by atoms with Crippen molar-refractivity contribution in [1.29, 1.82) is 0 Å². The van der Waals surface area contributed by atoms with Gasteiger partial charge in [0.1, 0.15) is 5.82 Å². The number of benzene rings is 1. The summed E-state index contributed by atoms with van der Waals surface area (Å²) in [5.41, 5.74) is 1.22. The smallest absolute Gasteiger partial charge is 0.309 e. The highest BCUT2D eigenvalue weighted by atomic mass is 16.2. The van der Waals surface area contributed by atoms with Crippen LogP contribution in [0.2, 0.25) is 0 Å². The summed E-state index contributed by atoms with van der Waals surface area (Å²) in [5, 5.41) is 7.97. The Balaban J connectivity index is 1.86. The second kappa shape index (κ2) is 6.26. The maximum Gasteiger partial charge on any atom is 0.345 e. The molecule has 5 heteroatoms. The number of aromatic nitrogens is 3. The van der Waals surface area contributed by atoms with Gasteiger partial charge >= 0.3 is 5.69 Å². The van der Waals surface area contributed by atoms with Crippen LogP contribution in [0.25, 0.3) is 0 Å². The SMILES string of the molecule is CCNC(Cn1nc2n(c1=O)CCCC2)c1ccccc1. The van der Waals surface area contributed by atoms with Gasteiger partial charge in [0, 0.05) is 13.0 Å². The minimum absolute atomic E-state index is 0.0311. The molecule has 0 saturated carbocycles. The molecule has 1 N–H and O–H groups in total. The van der Waals surface area contributed by atoms with Crippen molar-refractivity contribution in [2.45, 2.75) is 45.3 Å². The van der Waals surface area contributed by atoms with Crippen LogP contribution >= 0.6 is 0 Å². The number of hydrogen-bond donors (Lipinski definition) is 1. The third-order valence-corrected chi connectivity index (χ3v) is 4.04. The Bertz CT molecular complexity index is 644. The number of hydrogen-bond acceptors (Lipinski definition) is 3. The van der Waals surface area contributed by atoms with Crippen LogP contribution in [0.3, 0.4) is 0 Å². The Morgan fingerprint density at radius 1 is 1.29 bits per heavy atom. The summed E-state index contributed by atoms with van der Waals surface area (Å²) in [5.74, 6) is 0.939. The van der Waals surface area contributed by atoms with E-state index in [-0.39, 0.29) is 11.7 Å². The fourth-order valence-corrected chi connectivity index (χ4v) is 2.96. The third-order valence-electron chi connectivity index (χ3n) is 4.04. The maximum absolute atomic E-state index is 12.4. The molecule has 1 aliphatic heterocycles. The monoisotopic (exact) mass is 286 g/mol. The molecule has 1 atom stereocenters. The molecular weight excluding hydrogens is 264 g/mol. The summed E-state index contributed by atoms with van der Waals surface area (Å²) in [6, 6.07) is 10.4. The Hall–Kier alpha value is -1.88. The van der Waals surface area contributed by atoms with Crippen LogP contribution < -0.4 is 11.0 Å². The summed E-state index contributed by atoms with van der Waals surface area (Å²) < 4.78 is 3.46. The van der Waals surface area contributed by atoms with Crippen molar-refractivity contribution in [2.75, 3.05) is 6.54 Å². The van der Waals surface area contributed by atoms with Crippen LogP contribution in [0, 0.1) is 0 Å². The molecule has 0 spiro atoms. The molecule has 1 aromatic carbocycles. The molecule has 2 aromatic rings. The minimum atomic E-state index is 0.0311. The first-order valence-electron chi connectivity index (χ1n) is 7.74. The molecular formula is C16H22N4O. The topological polar surface area (TPSA) is 51.9 Å². The lowest BCUT2D eigenvalue weighted by Gasteiger charge is -2.17. The number of nitrogens with one attached hydrogen (secondary N) is 1.